The van der Waals surface area contributed by atoms with Gasteiger partial charge in [0.05, 0.1) is 33.0 Å². The lowest BCUT2D eigenvalue weighted by Crippen LogP contribution is -2.65. The van der Waals surface area contributed by atoms with Crippen molar-refractivity contribution in [3.63, 3.8) is 0 Å². The number of phenolic OH excluding ortho intramolecular Hbond substituents is 3. The largest absolute Gasteiger partial charge is 0.504 e. The highest BCUT2D eigenvalue weighted by Crippen LogP contribution is 2.33. The molecule has 0 bridgehead atoms. The molecule has 0 amide bonds. The van der Waals surface area contributed by atoms with Crippen LogP contribution in [0.3, 0.4) is 0 Å². The molecule has 5 rings (SSSR count). The van der Waals surface area contributed by atoms with Crippen molar-refractivity contribution in [2.45, 2.75) is 105 Å². The number of hydrogen-bond acceptors (Lipinski definition) is 20. The molecule has 20 heteroatoms. The van der Waals surface area contributed by atoms with Crippen LogP contribution in [0.4, 0.5) is 0 Å². The average Bonchev–Trinajstić information content (AvgIpc) is 3.18. The fourth-order valence-corrected chi connectivity index (χ4v) is 6.29. The Morgan fingerprint density at radius 3 is 2.07 bits per heavy atom. The molecule has 0 aliphatic carbocycles. The van der Waals surface area contributed by atoms with Crippen LogP contribution in [0, 0.1) is 0 Å². The molecule has 0 unspecified atom stereocenters. The van der Waals surface area contributed by atoms with E-state index in [4.69, 9.17) is 37.9 Å². The topological polar surface area (TPSA) is 313 Å². The van der Waals surface area contributed by atoms with E-state index in [1.54, 1.807) is 12.1 Å². The number of phenols is 3. The summed E-state index contributed by atoms with van der Waals surface area (Å²) in [5.41, 5.74) is 0.925. The number of aliphatic hydroxyl groups excluding tert-OH is 8. The molecule has 20 nitrogen and oxygen atoms in total. The molecule has 0 radical (unpaired) electrons. The summed E-state index contributed by atoms with van der Waals surface area (Å²) in [4.78, 5) is 13.3. The molecule has 312 valence electrons. The highest BCUT2D eigenvalue weighted by molar-refractivity contribution is 5.87. The minimum Gasteiger partial charge on any atom is -0.504 e. The third kappa shape index (κ3) is 10.0. The molecule has 3 aliphatic rings. The first-order valence-corrected chi connectivity index (χ1v) is 17.6. The van der Waals surface area contributed by atoms with Gasteiger partial charge >= 0.3 is 5.97 Å². The second kappa shape index (κ2) is 19.2. The first-order valence-electron chi connectivity index (χ1n) is 17.6. The van der Waals surface area contributed by atoms with E-state index in [-0.39, 0.29) is 30.1 Å². The Bertz CT molecular complexity index is 1620. The van der Waals surface area contributed by atoms with E-state index in [1.807, 2.05) is 0 Å². The smallest absolute Gasteiger partial charge is 0.331 e. The van der Waals surface area contributed by atoms with Crippen molar-refractivity contribution in [1.82, 2.24) is 0 Å². The lowest BCUT2D eigenvalue weighted by Gasteiger charge is -2.47. The Morgan fingerprint density at radius 2 is 1.38 bits per heavy atom. The zero-order valence-corrected chi connectivity index (χ0v) is 30.2. The van der Waals surface area contributed by atoms with Crippen LogP contribution in [0.15, 0.2) is 42.5 Å². The minimum atomic E-state index is -1.87. The Balaban J connectivity index is 1.44. The molecule has 11 N–H and O–H groups in total. The van der Waals surface area contributed by atoms with Crippen LogP contribution in [-0.4, -0.2) is 181 Å². The van der Waals surface area contributed by atoms with Gasteiger partial charge in [-0.25, -0.2) is 4.79 Å². The summed E-state index contributed by atoms with van der Waals surface area (Å²) in [5, 5.41) is 113. The van der Waals surface area contributed by atoms with Crippen LogP contribution >= 0.6 is 0 Å². The standard InChI is InChI=1S/C36H48O20/c1-15-25(42)27(44)30(47)36(52-15)56-33-31(48)35(50-10-9-17-4-7-19(39)21(12-17)49-2)54-23(14-51-34-29(46)28(45)26(43)22(13-37)53-34)32(33)55-24(41)8-5-16-3-6-18(38)20(40)11-16/h3-8,11-12,15,22-23,25-40,42-48H,9-10,13-14H2,1-2H3/t15-,22-,23-,25-,26-,27-,28-,29+,30-,31-,32-,33-,34+,35-,36-/m1/s1. The van der Waals surface area contributed by atoms with Gasteiger partial charge in [-0.2, -0.15) is 0 Å². The number of rotatable bonds is 14. The van der Waals surface area contributed by atoms with Gasteiger partial charge in [0.1, 0.15) is 61.0 Å². The van der Waals surface area contributed by atoms with Crippen molar-refractivity contribution >= 4 is 12.0 Å². The fraction of sp³-hybridized carbons (Fsp3) is 0.583. The van der Waals surface area contributed by atoms with Crippen LogP contribution in [-0.2, 0) is 44.4 Å². The number of methoxy groups -OCH3 is 1. The molecule has 2 aromatic carbocycles. The van der Waals surface area contributed by atoms with Gasteiger partial charge in [-0.3, -0.25) is 0 Å². The van der Waals surface area contributed by atoms with Gasteiger partial charge in [-0.05, 0) is 54.8 Å². The van der Waals surface area contributed by atoms with Crippen LogP contribution in [0.25, 0.3) is 6.08 Å². The lowest BCUT2D eigenvalue weighted by atomic mass is 9.96. The second-order valence-corrected chi connectivity index (χ2v) is 13.5. The van der Waals surface area contributed by atoms with Gasteiger partial charge in [0.2, 0.25) is 0 Å². The van der Waals surface area contributed by atoms with Crippen molar-refractivity contribution in [2.75, 3.05) is 26.9 Å². The Morgan fingerprint density at radius 1 is 0.714 bits per heavy atom. The summed E-state index contributed by atoms with van der Waals surface area (Å²) in [7, 11) is 1.37. The number of hydrogen-bond donors (Lipinski definition) is 11. The molecule has 0 aromatic heterocycles. The first-order chi connectivity index (χ1) is 26.6. The number of carbonyl (C=O) groups is 1. The quantitative estimate of drug-likeness (QED) is 0.0519. The summed E-state index contributed by atoms with van der Waals surface area (Å²) in [6, 6.07) is 8.31. The molecule has 3 aliphatic heterocycles. The average molecular weight is 801 g/mol. The van der Waals surface area contributed by atoms with Gasteiger partial charge in [-0.1, -0.05) is 12.1 Å². The van der Waals surface area contributed by atoms with E-state index in [0.29, 0.717) is 5.56 Å². The summed E-state index contributed by atoms with van der Waals surface area (Å²) in [6.45, 7) is -0.158. The zero-order chi connectivity index (χ0) is 40.8. The molecule has 2 aromatic rings. The van der Waals surface area contributed by atoms with E-state index in [1.165, 1.54) is 38.3 Å². The van der Waals surface area contributed by atoms with Crippen molar-refractivity contribution < 1.29 is 98.9 Å². The molecule has 3 saturated heterocycles. The number of ether oxygens (including phenoxy) is 8. The highest BCUT2D eigenvalue weighted by Gasteiger charge is 2.53. The van der Waals surface area contributed by atoms with Gasteiger partial charge in [-0.15, -0.1) is 0 Å². The van der Waals surface area contributed by atoms with E-state index in [9.17, 15) is 61.0 Å². The molecule has 3 heterocycles. The fourth-order valence-electron chi connectivity index (χ4n) is 6.29. The number of benzene rings is 2. The van der Waals surface area contributed by atoms with E-state index in [0.717, 1.165) is 12.1 Å². The Hall–Kier alpha value is -3.71. The van der Waals surface area contributed by atoms with Crippen molar-refractivity contribution in [2.24, 2.45) is 0 Å². The zero-order valence-electron chi connectivity index (χ0n) is 30.2. The third-order valence-electron chi connectivity index (χ3n) is 9.57. The van der Waals surface area contributed by atoms with Gasteiger partial charge in [0.25, 0.3) is 0 Å². The highest BCUT2D eigenvalue weighted by atomic mass is 16.8. The summed E-state index contributed by atoms with van der Waals surface area (Å²) in [6.07, 6.45) is -22.3. The molecule has 56 heavy (non-hydrogen) atoms. The molecule has 0 saturated carbocycles. The predicted molar refractivity (Wildman–Crippen MR) is 185 cm³/mol. The monoisotopic (exact) mass is 800 g/mol. The lowest BCUT2D eigenvalue weighted by molar-refractivity contribution is -0.364. The molecular formula is C36H48O20. The Kier molecular flexibility index (Phi) is 14.9. The molecule has 15 atom stereocenters. The van der Waals surface area contributed by atoms with Crippen LogP contribution in [0.2, 0.25) is 0 Å². The van der Waals surface area contributed by atoms with Crippen molar-refractivity contribution in [1.29, 1.82) is 0 Å². The SMILES string of the molecule is COc1cc(CCO[C@@H]2O[C@H](CO[C@H]3O[C@H](CO)[C@@H](O)[C@@H](O)[C@@H]3O)[C@@H](OC(=O)C=Cc3ccc(O)c(O)c3)[C@H](O[C@H]3O[C@H](C)[C@@H](O)[C@@H](O)[C@H]3O)[C@H]2O)ccc1O. The third-order valence-corrected chi connectivity index (χ3v) is 9.57. The number of aromatic hydroxyl groups is 3. The normalized spacial score (nSPS) is 36.4. The van der Waals surface area contributed by atoms with Crippen LogP contribution in [0.1, 0.15) is 18.1 Å². The van der Waals surface area contributed by atoms with Crippen LogP contribution in [0.5, 0.6) is 23.0 Å². The van der Waals surface area contributed by atoms with E-state index >= 15 is 0 Å². The van der Waals surface area contributed by atoms with Gasteiger partial charge < -0.3 is 94.1 Å². The van der Waals surface area contributed by atoms with E-state index < -0.39 is 123 Å². The second-order valence-electron chi connectivity index (χ2n) is 13.5. The summed E-state index contributed by atoms with van der Waals surface area (Å²) < 4.78 is 45.6. The van der Waals surface area contributed by atoms with Gasteiger partial charge in [0, 0.05) is 6.08 Å². The maximum atomic E-state index is 13.3. The summed E-state index contributed by atoms with van der Waals surface area (Å²) in [5.74, 6) is -1.84. The number of esters is 1. The van der Waals surface area contributed by atoms with Crippen LogP contribution < -0.4 is 4.74 Å². The number of aliphatic hydroxyl groups is 8. The van der Waals surface area contributed by atoms with Crippen molar-refractivity contribution in [3.8, 4) is 23.0 Å². The van der Waals surface area contributed by atoms with Gasteiger partial charge in [0.15, 0.2) is 48.0 Å². The summed E-state index contributed by atoms with van der Waals surface area (Å²) >= 11 is 0. The molecular weight excluding hydrogens is 752 g/mol. The predicted octanol–water partition coefficient (Wildman–Crippen LogP) is -2.89. The maximum absolute atomic E-state index is 13.3. The first kappa shape index (κ1) is 43.4. The van der Waals surface area contributed by atoms with E-state index in [2.05, 4.69) is 0 Å². The molecule has 0 spiro atoms. The minimum absolute atomic E-state index is 0.0961. The molecule has 3 fully saturated rings. The maximum Gasteiger partial charge on any atom is 0.331 e. The van der Waals surface area contributed by atoms with Crippen molar-refractivity contribution in [3.05, 3.63) is 53.6 Å². The Labute approximate surface area is 319 Å². The number of carbonyl (C=O) groups excluding carboxylic acids is 1.